The Balaban J connectivity index is 2.42. The van der Waals surface area contributed by atoms with Crippen molar-refractivity contribution in [2.75, 3.05) is 26.8 Å². The third kappa shape index (κ3) is 5.84. The highest BCUT2D eigenvalue weighted by Gasteiger charge is 2.13. The molecule has 1 aromatic carbocycles. The lowest BCUT2D eigenvalue weighted by molar-refractivity contribution is 0.186. The topological polar surface area (TPSA) is 30.5 Å². The van der Waals surface area contributed by atoms with Gasteiger partial charge in [0.05, 0.1) is 0 Å². The van der Waals surface area contributed by atoms with Crippen LogP contribution < -0.4 is 10.1 Å². The molecule has 0 amide bonds. The van der Waals surface area contributed by atoms with E-state index in [9.17, 15) is 8.78 Å². The van der Waals surface area contributed by atoms with Crippen LogP contribution in [-0.2, 0) is 4.74 Å². The zero-order valence-electron chi connectivity index (χ0n) is 11.0. The SMILES string of the molecule is COCCCNCC(C)Oc1cc(Br)cc(F)c1F. The Morgan fingerprint density at radius 1 is 1.37 bits per heavy atom. The van der Waals surface area contributed by atoms with Crippen LogP contribution in [0.3, 0.4) is 0 Å². The summed E-state index contributed by atoms with van der Waals surface area (Å²) < 4.78 is 37.4. The molecule has 0 bridgehead atoms. The van der Waals surface area contributed by atoms with Gasteiger partial charge in [0.1, 0.15) is 6.10 Å². The van der Waals surface area contributed by atoms with E-state index in [-0.39, 0.29) is 11.9 Å². The predicted octanol–water partition coefficient (Wildman–Crippen LogP) is 3.12. The zero-order valence-corrected chi connectivity index (χ0v) is 12.6. The van der Waals surface area contributed by atoms with E-state index in [0.29, 0.717) is 17.6 Å². The van der Waals surface area contributed by atoms with E-state index >= 15 is 0 Å². The highest BCUT2D eigenvalue weighted by atomic mass is 79.9. The second-order valence-corrected chi connectivity index (χ2v) is 5.09. The van der Waals surface area contributed by atoms with Gasteiger partial charge < -0.3 is 14.8 Å². The Morgan fingerprint density at radius 2 is 2.11 bits per heavy atom. The van der Waals surface area contributed by atoms with Gasteiger partial charge in [-0.1, -0.05) is 15.9 Å². The molecule has 1 unspecified atom stereocenters. The lowest BCUT2D eigenvalue weighted by Crippen LogP contribution is -2.30. The van der Waals surface area contributed by atoms with Gasteiger partial charge >= 0.3 is 0 Å². The number of ether oxygens (including phenoxy) is 2. The summed E-state index contributed by atoms with van der Waals surface area (Å²) in [5, 5.41) is 3.16. The van der Waals surface area contributed by atoms with Crippen molar-refractivity contribution in [2.45, 2.75) is 19.4 Å². The van der Waals surface area contributed by atoms with E-state index in [1.54, 1.807) is 14.0 Å². The van der Waals surface area contributed by atoms with Crippen molar-refractivity contribution in [1.29, 1.82) is 0 Å². The van der Waals surface area contributed by atoms with Gasteiger partial charge in [0, 0.05) is 24.7 Å². The number of rotatable bonds is 8. The summed E-state index contributed by atoms with van der Waals surface area (Å²) in [6, 6.07) is 2.48. The molecule has 108 valence electrons. The first-order valence-corrected chi connectivity index (χ1v) is 6.84. The van der Waals surface area contributed by atoms with Gasteiger partial charge in [-0.3, -0.25) is 0 Å². The van der Waals surface area contributed by atoms with Gasteiger partial charge in [-0.25, -0.2) is 4.39 Å². The fraction of sp³-hybridized carbons (Fsp3) is 0.538. The molecular weight excluding hydrogens is 320 g/mol. The van der Waals surface area contributed by atoms with Crippen molar-refractivity contribution in [3.8, 4) is 5.75 Å². The van der Waals surface area contributed by atoms with Crippen molar-refractivity contribution in [3.05, 3.63) is 28.2 Å². The number of nitrogens with one attached hydrogen (secondary N) is 1. The van der Waals surface area contributed by atoms with Gasteiger partial charge in [-0.05, 0) is 32.0 Å². The highest BCUT2D eigenvalue weighted by molar-refractivity contribution is 9.10. The Morgan fingerprint density at radius 3 is 2.79 bits per heavy atom. The van der Waals surface area contributed by atoms with Crippen molar-refractivity contribution >= 4 is 15.9 Å². The first-order chi connectivity index (χ1) is 9.04. The van der Waals surface area contributed by atoms with Crippen LogP contribution in [0.4, 0.5) is 8.78 Å². The first kappa shape index (κ1) is 16.3. The second-order valence-electron chi connectivity index (χ2n) is 4.18. The number of methoxy groups -OCH3 is 1. The summed E-state index contributed by atoms with van der Waals surface area (Å²) in [4.78, 5) is 0. The largest absolute Gasteiger partial charge is 0.486 e. The van der Waals surface area contributed by atoms with Crippen LogP contribution in [0.1, 0.15) is 13.3 Å². The molecule has 0 aliphatic carbocycles. The van der Waals surface area contributed by atoms with Crippen molar-refractivity contribution in [1.82, 2.24) is 5.32 Å². The number of hydrogen-bond acceptors (Lipinski definition) is 3. The summed E-state index contributed by atoms with van der Waals surface area (Å²) in [5.41, 5.74) is 0. The summed E-state index contributed by atoms with van der Waals surface area (Å²) >= 11 is 3.10. The predicted molar refractivity (Wildman–Crippen MR) is 73.5 cm³/mol. The van der Waals surface area contributed by atoms with Crippen LogP contribution in [0.25, 0.3) is 0 Å². The van der Waals surface area contributed by atoms with E-state index in [4.69, 9.17) is 9.47 Å². The van der Waals surface area contributed by atoms with Gasteiger partial charge in [0.15, 0.2) is 11.6 Å². The minimum atomic E-state index is -0.963. The summed E-state index contributed by atoms with van der Waals surface area (Å²) in [5.74, 6) is -1.97. The van der Waals surface area contributed by atoms with Crippen LogP contribution in [0.2, 0.25) is 0 Å². The van der Waals surface area contributed by atoms with Crippen molar-refractivity contribution in [2.24, 2.45) is 0 Å². The van der Waals surface area contributed by atoms with Crippen LogP contribution in [0, 0.1) is 11.6 Å². The molecule has 1 aromatic rings. The Bertz CT molecular complexity index is 404. The van der Waals surface area contributed by atoms with E-state index < -0.39 is 11.6 Å². The molecule has 0 fully saturated rings. The Labute approximate surface area is 120 Å². The average molecular weight is 338 g/mol. The number of benzene rings is 1. The molecule has 0 saturated carbocycles. The summed E-state index contributed by atoms with van der Waals surface area (Å²) in [6.45, 7) is 3.82. The maximum atomic E-state index is 13.5. The third-order valence-electron chi connectivity index (χ3n) is 2.42. The molecule has 0 saturated heterocycles. The summed E-state index contributed by atoms with van der Waals surface area (Å²) in [6.07, 6.45) is 0.633. The normalized spacial score (nSPS) is 12.5. The quantitative estimate of drug-likeness (QED) is 0.584. The monoisotopic (exact) mass is 337 g/mol. The van der Waals surface area contributed by atoms with Crippen molar-refractivity contribution in [3.63, 3.8) is 0 Å². The van der Waals surface area contributed by atoms with Crippen LogP contribution in [0.5, 0.6) is 5.75 Å². The molecule has 0 aromatic heterocycles. The molecule has 0 aliphatic rings. The zero-order chi connectivity index (χ0) is 14.3. The molecule has 0 aliphatic heterocycles. The van der Waals surface area contributed by atoms with E-state index in [1.807, 2.05) is 0 Å². The van der Waals surface area contributed by atoms with E-state index in [2.05, 4.69) is 21.2 Å². The number of halogens is 3. The number of hydrogen-bond donors (Lipinski definition) is 1. The molecular formula is C13H18BrF2NO2. The lowest BCUT2D eigenvalue weighted by atomic mass is 10.3. The van der Waals surface area contributed by atoms with E-state index in [0.717, 1.165) is 19.0 Å². The van der Waals surface area contributed by atoms with Gasteiger partial charge in [-0.2, -0.15) is 4.39 Å². The Hall–Kier alpha value is -0.720. The van der Waals surface area contributed by atoms with Crippen LogP contribution in [-0.4, -0.2) is 32.9 Å². The maximum Gasteiger partial charge on any atom is 0.200 e. The third-order valence-corrected chi connectivity index (χ3v) is 2.88. The molecule has 1 rings (SSSR count). The molecule has 0 spiro atoms. The minimum Gasteiger partial charge on any atom is -0.486 e. The molecule has 0 radical (unpaired) electrons. The fourth-order valence-electron chi connectivity index (χ4n) is 1.52. The standard InChI is InChI=1S/C13H18BrF2NO2/c1-9(8-17-4-3-5-18-2)19-12-7-10(14)6-11(15)13(12)16/h6-7,9,17H,3-5,8H2,1-2H3. The van der Waals surface area contributed by atoms with Gasteiger partial charge in [0.2, 0.25) is 5.82 Å². The first-order valence-electron chi connectivity index (χ1n) is 6.05. The molecule has 1 N–H and O–H groups in total. The van der Waals surface area contributed by atoms with Gasteiger partial charge in [-0.15, -0.1) is 0 Å². The van der Waals surface area contributed by atoms with Gasteiger partial charge in [0.25, 0.3) is 0 Å². The molecule has 3 nitrogen and oxygen atoms in total. The average Bonchev–Trinajstić information content (AvgIpc) is 2.35. The smallest absolute Gasteiger partial charge is 0.200 e. The second kappa shape index (κ2) is 8.45. The molecule has 6 heteroatoms. The fourth-order valence-corrected chi connectivity index (χ4v) is 1.93. The summed E-state index contributed by atoms with van der Waals surface area (Å²) in [7, 11) is 1.65. The van der Waals surface area contributed by atoms with Crippen LogP contribution in [0.15, 0.2) is 16.6 Å². The lowest BCUT2D eigenvalue weighted by Gasteiger charge is -2.16. The molecule has 0 heterocycles. The van der Waals surface area contributed by atoms with Crippen LogP contribution >= 0.6 is 15.9 Å². The highest BCUT2D eigenvalue weighted by Crippen LogP contribution is 2.26. The molecule has 19 heavy (non-hydrogen) atoms. The molecule has 1 atom stereocenters. The van der Waals surface area contributed by atoms with E-state index in [1.165, 1.54) is 6.07 Å². The maximum absolute atomic E-state index is 13.5. The Kier molecular flexibility index (Phi) is 7.27. The minimum absolute atomic E-state index is 0.0851. The van der Waals surface area contributed by atoms with Crippen molar-refractivity contribution < 1.29 is 18.3 Å².